The first kappa shape index (κ1) is 21.6. The molecule has 5 nitrogen and oxygen atoms in total. The minimum absolute atomic E-state index is 0.0159. The van der Waals surface area contributed by atoms with E-state index in [9.17, 15) is 4.39 Å². The Kier molecular flexibility index (Phi) is 6.52. The number of benzene rings is 3. The summed E-state index contributed by atoms with van der Waals surface area (Å²) in [6, 6.07) is 21.4. The van der Waals surface area contributed by atoms with Crippen LogP contribution >= 0.6 is 11.6 Å². The third-order valence-corrected chi connectivity index (χ3v) is 4.95. The van der Waals surface area contributed by atoms with Crippen LogP contribution in [0, 0.1) is 12.7 Å². The maximum Gasteiger partial charge on any atom is 0.231 e. The molecule has 1 heterocycles. The van der Waals surface area contributed by atoms with Crippen LogP contribution in [0.4, 0.5) is 10.1 Å². The van der Waals surface area contributed by atoms with E-state index >= 15 is 0 Å². The second-order valence-corrected chi connectivity index (χ2v) is 7.32. The fraction of sp³-hybridized carbons (Fsp3) is 0.120. The Morgan fingerprint density at radius 2 is 1.75 bits per heavy atom. The van der Waals surface area contributed by atoms with Gasteiger partial charge in [0.1, 0.15) is 17.3 Å². The fourth-order valence-corrected chi connectivity index (χ4v) is 3.27. The Bertz CT molecular complexity index is 1240. The van der Waals surface area contributed by atoms with Crippen molar-refractivity contribution < 1.29 is 13.9 Å². The highest BCUT2D eigenvalue weighted by molar-refractivity contribution is 6.31. The summed E-state index contributed by atoms with van der Waals surface area (Å²) < 4.78 is 27.0. The Hall–Kier alpha value is -3.64. The van der Waals surface area contributed by atoms with Crippen LogP contribution in [0.2, 0.25) is 5.02 Å². The van der Waals surface area contributed by atoms with Crippen LogP contribution in [0.5, 0.6) is 17.4 Å². The summed E-state index contributed by atoms with van der Waals surface area (Å²) in [4.78, 5) is 4.46. The quantitative estimate of drug-likeness (QED) is 0.288. The highest BCUT2D eigenvalue weighted by Gasteiger charge is 2.18. The molecule has 0 N–H and O–H groups in total. The van der Waals surface area contributed by atoms with E-state index in [1.165, 1.54) is 12.1 Å². The first-order valence-electron chi connectivity index (χ1n) is 10.1. The molecular formula is C25H21ClFN3O2. The molecule has 162 valence electrons. The van der Waals surface area contributed by atoms with E-state index in [0.717, 1.165) is 17.1 Å². The number of nitrogens with zero attached hydrogens (tertiary/aromatic N) is 3. The number of hydrogen-bond donors (Lipinski definition) is 0. The molecule has 0 aliphatic rings. The maximum absolute atomic E-state index is 13.5. The number of halogens is 2. The molecule has 7 heteroatoms. The number of aryl methyl sites for hydroxylation is 1. The molecule has 0 unspecified atom stereocenters. The number of rotatable bonds is 7. The lowest BCUT2D eigenvalue weighted by Crippen LogP contribution is -2.00. The van der Waals surface area contributed by atoms with E-state index in [1.54, 1.807) is 17.0 Å². The Morgan fingerprint density at radius 1 is 1.03 bits per heavy atom. The van der Waals surface area contributed by atoms with Crippen LogP contribution in [-0.4, -0.2) is 22.6 Å². The van der Waals surface area contributed by atoms with Gasteiger partial charge in [-0.05, 0) is 68.4 Å². The van der Waals surface area contributed by atoms with Crippen molar-refractivity contribution in [3.05, 3.63) is 94.9 Å². The van der Waals surface area contributed by atoms with Crippen LogP contribution in [0.25, 0.3) is 5.69 Å². The van der Waals surface area contributed by atoms with Crippen molar-refractivity contribution in [2.24, 2.45) is 4.99 Å². The van der Waals surface area contributed by atoms with Gasteiger partial charge in [-0.25, -0.2) is 4.39 Å². The molecule has 3 aromatic carbocycles. The molecule has 0 spiro atoms. The van der Waals surface area contributed by atoms with Crippen LogP contribution in [-0.2, 0) is 0 Å². The van der Waals surface area contributed by atoms with E-state index in [1.807, 2.05) is 68.4 Å². The first-order valence-corrected chi connectivity index (χ1v) is 10.5. The third kappa shape index (κ3) is 4.81. The van der Waals surface area contributed by atoms with Gasteiger partial charge in [-0.1, -0.05) is 29.8 Å². The van der Waals surface area contributed by atoms with E-state index in [-0.39, 0.29) is 5.02 Å². The molecule has 4 aromatic rings. The molecular weight excluding hydrogens is 429 g/mol. The summed E-state index contributed by atoms with van der Waals surface area (Å²) in [6.45, 7) is 4.41. The number of hydrogen-bond acceptors (Lipinski definition) is 4. The zero-order chi connectivity index (χ0) is 22.5. The summed E-state index contributed by atoms with van der Waals surface area (Å²) in [5.41, 5.74) is 2.80. The van der Waals surface area contributed by atoms with Crippen molar-refractivity contribution in [3.63, 3.8) is 0 Å². The molecule has 0 bridgehead atoms. The smallest absolute Gasteiger partial charge is 0.231 e. The predicted octanol–water partition coefficient (Wildman–Crippen LogP) is 6.91. The summed E-state index contributed by atoms with van der Waals surface area (Å²) in [7, 11) is 0. The molecule has 0 aliphatic heterocycles. The van der Waals surface area contributed by atoms with Gasteiger partial charge in [0.15, 0.2) is 0 Å². The molecule has 4 rings (SSSR count). The molecule has 0 atom stereocenters. The largest absolute Gasteiger partial charge is 0.494 e. The van der Waals surface area contributed by atoms with E-state index < -0.39 is 5.82 Å². The highest BCUT2D eigenvalue weighted by Crippen LogP contribution is 2.31. The molecule has 0 saturated carbocycles. The monoisotopic (exact) mass is 449 g/mol. The fourth-order valence-electron chi connectivity index (χ4n) is 3.10. The van der Waals surface area contributed by atoms with Gasteiger partial charge in [0.2, 0.25) is 5.88 Å². The lowest BCUT2D eigenvalue weighted by molar-refractivity contribution is 0.339. The van der Waals surface area contributed by atoms with Crippen LogP contribution < -0.4 is 9.47 Å². The third-order valence-electron chi connectivity index (χ3n) is 4.66. The zero-order valence-electron chi connectivity index (χ0n) is 17.6. The highest BCUT2D eigenvalue weighted by atomic mass is 35.5. The lowest BCUT2D eigenvalue weighted by Gasteiger charge is -2.11. The van der Waals surface area contributed by atoms with Crippen LogP contribution in [0.1, 0.15) is 18.2 Å². The van der Waals surface area contributed by atoms with Gasteiger partial charge in [-0.15, -0.1) is 0 Å². The SMILES string of the molecule is CCOc1ccc(Oc2c(C=Nc3ccc(F)c(Cl)c3)c(C)nn2-c2ccccc2)cc1. The molecule has 1 aromatic heterocycles. The minimum Gasteiger partial charge on any atom is -0.494 e. The van der Waals surface area contributed by atoms with E-state index in [0.29, 0.717) is 29.5 Å². The van der Waals surface area contributed by atoms with Crippen molar-refractivity contribution in [2.75, 3.05) is 6.61 Å². The molecule has 0 fully saturated rings. The summed E-state index contributed by atoms with van der Waals surface area (Å²) >= 11 is 5.88. The lowest BCUT2D eigenvalue weighted by atomic mass is 10.2. The molecule has 0 saturated heterocycles. The molecule has 0 radical (unpaired) electrons. The summed E-state index contributed by atoms with van der Waals surface area (Å²) in [6.07, 6.45) is 1.65. The van der Waals surface area contributed by atoms with Gasteiger partial charge in [-0.3, -0.25) is 4.99 Å². The van der Waals surface area contributed by atoms with Gasteiger partial charge < -0.3 is 9.47 Å². The van der Waals surface area contributed by atoms with Crippen molar-refractivity contribution in [2.45, 2.75) is 13.8 Å². The van der Waals surface area contributed by atoms with Gasteiger partial charge >= 0.3 is 0 Å². The maximum atomic E-state index is 13.5. The van der Waals surface area contributed by atoms with Gasteiger partial charge in [-0.2, -0.15) is 9.78 Å². The number of aliphatic imine (C=N–C) groups is 1. The summed E-state index contributed by atoms with van der Waals surface area (Å²) in [5.74, 6) is 1.42. The van der Waals surface area contributed by atoms with Crippen LogP contribution in [0.15, 0.2) is 77.8 Å². The van der Waals surface area contributed by atoms with Gasteiger partial charge in [0, 0.05) is 6.21 Å². The first-order chi connectivity index (χ1) is 15.5. The van der Waals surface area contributed by atoms with Gasteiger partial charge in [0.25, 0.3) is 0 Å². The number of ether oxygens (including phenoxy) is 2. The van der Waals surface area contributed by atoms with Gasteiger partial charge in [0.05, 0.1) is 34.3 Å². The molecule has 0 amide bonds. The minimum atomic E-state index is -0.488. The van der Waals surface area contributed by atoms with Crippen molar-refractivity contribution in [1.82, 2.24) is 9.78 Å². The van der Waals surface area contributed by atoms with E-state index in [2.05, 4.69) is 10.1 Å². The molecule has 0 aliphatic carbocycles. The standard InChI is InChI=1S/C25H21ClFN3O2/c1-3-31-20-10-12-21(13-11-20)32-25-22(16-28-18-9-14-24(27)23(26)15-18)17(2)29-30(25)19-7-5-4-6-8-19/h4-16H,3H2,1-2H3. The average molecular weight is 450 g/mol. The predicted molar refractivity (Wildman–Crippen MR) is 125 cm³/mol. The van der Waals surface area contributed by atoms with Crippen molar-refractivity contribution >= 4 is 23.5 Å². The number of para-hydroxylation sites is 1. The Labute approximate surface area is 190 Å². The topological polar surface area (TPSA) is 48.6 Å². The summed E-state index contributed by atoms with van der Waals surface area (Å²) in [5, 5.41) is 4.67. The van der Waals surface area contributed by atoms with E-state index in [4.69, 9.17) is 21.1 Å². The molecule has 32 heavy (non-hydrogen) atoms. The Morgan fingerprint density at radius 3 is 2.44 bits per heavy atom. The van der Waals surface area contributed by atoms with Crippen LogP contribution in [0.3, 0.4) is 0 Å². The zero-order valence-corrected chi connectivity index (χ0v) is 18.4. The Balaban J connectivity index is 1.74. The number of aromatic nitrogens is 2. The van der Waals surface area contributed by atoms with Crippen molar-refractivity contribution in [3.8, 4) is 23.1 Å². The second kappa shape index (κ2) is 9.66. The average Bonchev–Trinajstić information content (AvgIpc) is 3.11. The second-order valence-electron chi connectivity index (χ2n) is 6.91. The normalized spacial score (nSPS) is 11.1. The van der Waals surface area contributed by atoms with Crippen molar-refractivity contribution in [1.29, 1.82) is 0 Å².